The van der Waals surface area contributed by atoms with Crippen LogP contribution in [0.2, 0.25) is 5.02 Å². The highest BCUT2D eigenvalue weighted by Crippen LogP contribution is 2.24. The molecule has 0 aromatic heterocycles. The fourth-order valence-corrected chi connectivity index (χ4v) is 1.89. The second-order valence-electron chi connectivity index (χ2n) is 4.09. The molecule has 2 aromatic carbocycles. The monoisotopic (exact) mass is 288 g/mol. The van der Waals surface area contributed by atoms with E-state index >= 15 is 0 Å². The molecule has 20 heavy (non-hydrogen) atoms. The summed E-state index contributed by atoms with van der Waals surface area (Å²) in [5.74, 6) is -2.04. The van der Waals surface area contributed by atoms with E-state index in [0.29, 0.717) is 5.56 Å². The summed E-state index contributed by atoms with van der Waals surface area (Å²) >= 11 is 5.87. The van der Waals surface area contributed by atoms with Crippen molar-refractivity contribution in [3.8, 4) is 6.07 Å². The zero-order valence-corrected chi connectivity index (χ0v) is 11.1. The topological polar surface area (TPSA) is 52.9 Å². The molecule has 1 unspecified atom stereocenters. The molecular formula is C15H10ClFN2O. The molecular weight excluding hydrogens is 279 g/mol. The molecule has 0 saturated carbocycles. The number of halogens is 2. The van der Waals surface area contributed by atoms with Gasteiger partial charge in [0.1, 0.15) is 5.82 Å². The molecule has 0 aliphatic rings. The Morgan fingerprint density at radius 2 is 1.95 bits per heavy atom. The number of amides is 1. The number of benzene rings is 2. The molecule has 0 aliphatic heterocycles. The van der Waals surface area contributed by atoms with Gasteiger partial charge in [-0.25, -0.2) is 4.39 Å². The van der Waals surface area contributed by atoms with Crippen LogP contribution in [0.3, 0.4) is 0 Å². The smallest absolute Gasteiger partial charge is 0.246 e. The van der Waals surface area contributed by atoms with Crippen molar-refractivity contribution in [2.45, 2.75) is 5.92 Å². The fourth-order valence-electron chi connectivity index (χ4n) is 1.73. The van der Waals surface area contributed by atoms with Gasteiger partial charge in [-0.1, -0.05) is 41.9 Å². The van der Waals surface area contributed by atoms with Crippen LogP contribution in [0, 0.1) is 17.1 Å². The lowest BCUT2D eigenvalue weighted by Gasteiger charge is -2.11. The highest BCUT2D eigenvalue weighted by molar-refractivity contribution is 6.33. The van der Waals surface area contributed by atoms with Crippen molar-refractivity contribution in [3.05, 3.63) is 64.9 Å². The van der Waals surface area contributed by atoms with Gasteiger partial charge in [-0.2, -0.15) is 5.26 Å². The number of nitrogens with zero attached hydrogens (tertiary/aromatic N) is 1. The number of nitriles is 1. The molecule has 0 fully saturated rings. The van der Waals surface area contributed by atoms with E-state index in [0.717, 1.165) is 6.07 Å². The Hall–Kier alpha value is -2.38. The summed E-state index contributed by atoms with van der Waals surface area (Å²) in [7, 11) is 0. The average molecular weight is 289 g/mol. The third-order valence-corrected chi connectivity index (χ3v) is 3.04. The third kappa shape index (κ3) is 3.14. The number of nitrogens with one attached hydrogen (secondary N) is 1. The Kier molecular flexibility index (Phi) is 4.34. The zero-order chi connectivity index (χ0) is 14.5. The maximum absolute atomic E-state index is 13.1. The zero-order valence-electron chi connectivity index (χ0n) is 10.3. The number of anilines is 1. The predicted octanol–water partition coefficient (Wildman–Crippen LogP) is 3.72. The number of hydrogen-bond donors (Lipinski definition) is 1. The Labute approximate surface area is 120 Å². The van der Waals surface area contributed by atoms with Crippen LogP contribution in [0.1, 0.15) is 11.5 Å². The van der Waals surface area contributed by atoms with Crippen molar-refractivity contribution in [3.63, 3.8) is 0 Å². The van der Waals surface area contributed by atoms with Gasteiger partial charge in [0, 0.05) is 0 Å². The Balaban J connectivity index is 2.23. The standard InChI is InChI=1S/C15H10ClFN2O/c16-13-7-6-11(17)8-14(13)19-15(20)12(9-18)10-4-2-1-3-5-10/h1-8,12H,(H,19,20). The molecule has 1 amide bonds. The van der Waals surface area contributed by atoms with E-state index in [4.69, 9.17) is 16.9 Å². The molecule has 1 N–H and O–H groups in total. The first-order valence-corrected chi connectivity index (χ1v) is 6.20. The maximum atomic E-state index is 13.1. The Morgan fingerprint density at radius 1 is 1.25 bits per heavy atom. The van der Waals surface area contributed by atoms with Gasteiger partial charge in [0.25, 0.3) is 0 Å². The quantitative estimate of drug-likeness (QED) is 0.935. The predicted molar refractivity (Wildman–Crippen MR) is 74.8 cm³/mol. The molecule has 0 radical (unpaired) electrons. The largest absolute Gasteiger partial charge is 0.323 e. The lowest BCUT2D eigenvalue weighted by molar-refractivity contribution is -0.116. The second-order valence-corrected chi connectivity index (χ2v) is 4.49. The maximum Gasteiger partial charge on any atom is 0.246 e. The van der Waals surface area contributed by atoms with Crippen molar-refractivity contribution in [2.75, 3.05) is 5.32 Å². The molecule has 0 saturated heterocycles. The van der Waals surface area contributed by atoms with Gasteiger partial charge < -0.3 is 5.32 Å². The van der Waals surface area contributed by atoms with Crippen LogP contribution in [0.25, 0.3) is 0 Å². The van der Waals surface area contributed by atoms with Crippen LogP contribution >= 0.6 is 11.6 Å². The number of hydrogen-bond acceptors (Lipinski definition) is 2. The van der Waals surface area contributed by atoms with Crippen LogP contribution < -0.4 is 5.32 Å². The van der Waals surface area contributed by atoms with E-state index in [-0.39, 0.29) is 10.7 Å². The summed E-state index contributed by atoms with van der Waals surface area (Å²) < 4.78 is 13.1. The molecule has 0 heterocycles. The number of carbonyl (C=O) groups is 1. The molecule has 0 bridgehead atoms. The lowest BCUT2D eigenvalue weighted by Crippen LogP contribution is -2.20. The molecule has 5 heteroatoms. The van der Waals surface area contributed by atoms with Crippen LogP contribution in [0.5, 0.6) is 0 Å². The van der Waals surface area contributed by atoms with Gasteiger partial charge in [-0.3, -0.25) is 4.79 Å². The molecule has 0 aliphatic carbocycles. The van der Waals surface area contributed by atoms with Gasteiger partial charge in [0.2, 0.25) is 5.91 Å². The van der Waals surface area contributed by atoms with E-state index in [1.54, 1.807) is 30.3 Å². The minimum absolute atomic E-state index is 0.146. The second kappa shape index (κ2) is 6.18. The van der Waals surface area contributed by atoms with Crippen molar-refractivity contribution in [1.82, 2.24) is 0 Å². The molecule has 0 spiro atoms. The van der Waals surface area contributed by atoms with E-state index in [9.17, 15) is 9.18 Å². The summed E-state index contributed by atoms with van der Waals surface area (Å²) in [6.07, 6.45) is 0. The lowest BCUT2D eigenvalue weighted by atomic mass is 10.00. The minimum atomic E-state index is -0.976. The fraction of sp³-hybridized carbons (Fsp3) is 0.0667. The molecule has 100 valence electrons. The number of rotatable bonds is 3. The third-order valence-electron chi connectivity index (χ3n) is 2.71. The van der Waals surface area contributed by atoms with Crippen molar-refractivity contribution >= 4 is 23.2 Å². The number of carbonyl (C=O) groups excluding carboxylic acids is 1. The van der Waals surface area contributed by atoms with Crippen LogP contribution in [0.15, 0.2) is 48.5 Å². The van der Waals surface area contributed by atoms with Crippen LogP contribution in [-0.4, -0.2) is 5.91 Å². The first-order chi connectivity index (χ1) is 9.61. The molecule has 2 aromatic rings. The average Bonchev–Trinajstić information content (AvgIpc) is 2.45. The summed E-state index contributed by atoms with van der Waals surface area (Å²) in [5.41, 5.74) is 0.716. The SMILES string of the molecule is N#CC(C(=O)Nc1cc(F)ccc1Cl)c1ccccc1. The molecule has 3 nitrogen and oxygen atoms in total. The highest BCUT2D eigenvalue weighted by Gasteiger charge is 2.20. The van der Waals surface area contributed by atoms with E-state index in [1.165, 1.54) is 12.1 Å². The van der Waals surface area contributed by atoms with E-state index in [2.05, 4.69) is 5.32 Å². The van der Waals surface area contributed by atoms with Gasteiger partial charge in [-0.05, 0) is 23.8 Å². The van der Waals surface area contributed by atoms with Crippen LogP contribution in [0.4, 0.5) is 10.1 Å². The molecule has 2 rings (SSSR count). The Bertz CT molecular complexity index is 667. The van der Waals surface area contributed by atoms with Crippen molar-refractivity contribution in [2.24, 2.45) is 0 Å². The van der Waals surface area contributed by atoms with Gasteiger partial charge in [0.05, 0.1) is 16.8 Å². The van der Waals surface area contributed by atoms with Crippen molar-refractivity contribution in [1.29, 1.82) is 5.26 Å². The normalized spacial score (nSPS) is 11.4. The van der Waals surface area contributed by atoms with Crippen molar-refractivity contribution < 1.29 is 9.18 Å². The summed E-state index contributed by atoms with van der Waals surface area (Å²) in [4.78, 5) is 12.1. The summed E-state index contributed by atoms with van der Waals surface area (Å²) in [6.45, 7) is 0. The summed E-state index contributed by atoms with van der Waals surface area (Å²) in [6, 6.07) is 14.2. The summed E-state index contributed by atoms with van der Waals surface area (Å²) in [5, 5.41) is 11.8. The first kappa shape index (κ1) is 14.0. The highest BCUT2D eigenvalue weighted by atomic mass is 35.5. The van der Waals surface area contributed by atoms with E-state index in [1.807, 2.05) is 6.07 Å². The van der Waals surface area contributed by atoms with Gasteiger partial charge >= 0.3 is 0 Å². The van der Waals surface area contributed by atoms with Gasteiger partial charge in [-0.15, -0.1) is 0 Å². The minimum Gasteiger partial charge on any atom is -0.323 e. The first-order valence-electron chi connectivity index (χ1n) is 5.82. The molecule has 1 atom stereocenters. The van der Waals surface area contributed by atoms with E-state index < -0.39 is 17.6 Å². The van der Waals surface area contributed by atoms with Crippen LogP contribution in [-0.2, 0) is 4.79 Å². The Morgan fingerprint density at radius 3 is 2.60 bits per heavy atom. The van der Waals surface area contributed by atoms with Gasteiger partial charge in [0.15, 0.2) is 5.92 Å².